The van der Waals surface area contributed by atoms with Crippen LogP contribution in [0.15, 0.2) is 27.2 Å². The maximum atomic E-state index is 13.2. The molecule has 1 atom stereocenters. The van der Waals surface area contributed by atoms with Crippen molar-refractivity contribution in [2.24, 2.45) is 0 Å². The van der Waals surface area contributed by atoms with E-state index in [9.17, 15) is 4.39 Å². The average molecular weight is 328 g/mol. The molecule has 0 spiro atoms. The average Bonchev–Trinajstić information content (AvgIpc) is 2.81. The molecule has 0 bridgehead atoms. The molecule has 4 nitrogen and oxygen atoms in total. The van der Waals surface area contributed by atoms with Gasteiger partial charge in [-0.3, -0.25) is 0 Å². The van der Waals surface area contributed by atoms with Gasteiger partial charge in [0, 0.05) is 22.5 Å². The third kappa shape index (κ3) is 3.61. The second-order valence-electron chi connectivity index (χ2n) is 4.30. The summed E-state index contributed by atoms with van der Waals surface area (Å²) >= 11 is 3.35. The van der Waals surface area contributed by atoms with E-state index in [-0.39, 0.29) is 11.9 Å². The van der Waals surface area contributed by atoms with Gasteiger partial charge in [-0.05, 0) is 31.7 Å². The smallest absolute Gasteiger partial charge is 0.228 e. The number of hydrogen-bond acceptors (Lipinski definition) is 4. The summed E-state index contributed by atoms with van der Waals surface area (Å²) in [5.74, 6) is 0.607. The quantitative estimate of drug-likeness (QED) is 0.916. The summed E-state index contributed by atoms with van der Waals surface area (Å²) in [7, 11) is 0. The first-order valence-electron chi connectivity index (χ1n) is 6.11. The van der Waals surface area contributed by atoms with E-state index in [0.717, 1.165) is 11.0 Å². The minimum Gasteiger partial charge on any atom is -0.339 e. The van der Waals surface area contributed by atoms with Gasteiger partial charge in [0.05, 0.1) is 0 Å². The Morgan fingerprint density at radius 1 is 1.47 bits per heavy atom. The minimum absolute atomic E-state index is 0.259. The highest BCUT2D eigenvalue weighted by atomic mass is 79.9. The summed E-state index contributed by atoms with van der Waals surface area (Å²) in [5, 5.41) is 7.16. The molecule has 0 amide bonds. The number of aromatic nitrogens is 2. The normalized spacial score (nSPS) is 12.6. The zero-order valence-corrected chi connectivity index (χ0v) is 12.4. The molecule has 0 saturated carbocycles. The van der Waals surface area contributed by atoms with Gasteiger partial charge < -0.3 is 9.84 Å². The van der Waals surface area contributed by atoms with Gasteiger partial charge in [0.25, 0.3) is 0 Å². The molecule has 0 fully saturated rings. The van der Waals surface area contributed by atoms with Crippen LogP contribution in [-0.2, 0) is 6.42 Å². The molecule has 2 aromatic rings. The predicted molar refractivity (Wildman–Crippen MR) is 74.2 cm³/mol. The van der Waals surface area contributed by atoms with Crippen molar-refractivity contribution >= 4 is 15.9 Å². The van der Waals surface area contributed by atoms with Crippen molar-refractivity contribution in [3.05, 3.63) is 34.4 Å². The molecular weight excluding hydrogens is 313 g/mol. The maximum Gasteiger partial charge on any atom is 0.228 e. The second kappa shape index (κ2) is 6.25. The lowest BCUT2D eigenvalue weighted by molar-refractivity contribution is 0.363. The predicted octanol–water partition coefficient (Wildman–Crippen LogP) is 3.18. The lowest BCUT2D eigenvalue weighted by Crippen LogP contribution is -2.27. The molecule has 0 aliphatic heterocycles. The van der Waals surface area contributed by atoms with Gasteiger partial charge in [0.15, 0.2) is 0 Å². The molecule has 1 aromatic heterocycles. The van der Waals surface area contributed by atoms with Gasteiger partial charge in [-0.1, -0.05) is 28.0 Å². The van der Waals surface area contributed by atoms with Gasteiger partial charge in [-0.2, -0.15) is 4.98 Å². The van der Waals surface area contributed by atoms with Crippen molar-refractivity contribution < 1.29 is 8.91 Å². The van der Waals surface area contributed by atoms with Crippen molar-refractivity contribution in [2.45, 2.75) is 26.3 Å². The summed E-state index contributed by atoms with van der Waals surface area (Å²) in [6.07, 6.45) is 0.647. The zero-order valence-electron chi connectivity index (χ0n) is 10.8. The zero-order chi connectivity index (χ0) is 13.8. The number of likely N-dealkylation sites (N-methyl/N-ethyl adjacent to an activating group) is 1. The Hall–Kier alpha value is -1.27. The molecule has 1 aromatic carbocycles. The fourth-order valence-corrected chi connectivity index (χ4v) is 2.22. The topological polar surface area (TPSA) is 51.0 Å². The summed E-state index contributed by atoms with van der Waals surface area (Å²) < 4.78 is 19.2. The first kappa shape index (κ1) is 14.1. The molecule has 1 unspecified atom stereocenters. The molecule has 6 heteroatoms. The Kier molecular flexibility index (Phi) is 4.66. The van der Waals surface area contributed by atoms with Crippen LogP contribution in [0.5, 0.6) is 0 Å². The molecular formula is C13H15BrFN3O. The lowest BCUT2D eigenvalue weighted by atomic mass is 10.2. The molecule has 0 aliphatic rings. The molecule has 1 N–H and O–H groups in total. The van der Waals surface area contributed by atoms with E-state index in [2.05, 4.69) is 31.4 Å². The van der Waals surface area contributed by atoms with Crippen LogP contribution in [-0.4, -0.2) is 22.7 Å². The Morgan fingerprint density at radius 2 is 2.26 bits per heavy atom. The third-order valence-electron chi connectivity index (χ3n) is 2.67. The van der Waals surface area contributed by atoms with Crippen LogP contribution in [0.2, 0.25) is 0 Å². The fraction of sp³-hybridized carbons (Fsp3) is 0.385. The second-order valence-corrected chi connectivity index (χ2v) is 5.15. The van der Waals surface area contributed by atoms with E-state index in [1.54, 1.807) is 6.07 Å². The number of hydrogen-bond donors (Lipinski definition) is 1. The summed E-state index contributed by atoms with van der Waals surface area (Å²) in [6.45, 7) is 4.97. The molecule has 0 saturated heterocycles. The minimum atomic E-state index is -0.328. The summed E-state index contributed by atoms with van der Waals surface area (Å²) in [4.78, 5) is 4.29. The van der Waals surface area contributed by atoms with Gasteiger partial charge in [0.1, 0.15) is 5.82 Å². The lowest BCUT2D eigenvalue weighted by Gasteiger charge is -2.07. The number of halogens is 2. The highest BCUT2D eigenvalue weighted by Gasteiger charge is 2.14. The van der Waals surface area contributed by atoms with E-state index in [1.165, 1.54) is 12.1 Å². The van der Waals surface area contributed by atoms with Crippen LogP contribution in [0.4, 0.5) is 4.39 Å². The van der Waals surface area contributed by atoms with Crippen LogP contribution in [0.25, 0.3) is 11.4 Å². The molecule has 19 heavy (non-hydrogen) atoms. The number of rotatable bonds is 5. The van der Waals surface area contributed by atoms with E-state index < -0.39 is 0 Å². The van der Waals surface area contributed by atoms with Crippen LogP contribution in [0, 0.1) is 5.82 Å². The van der Waals surface area contributed by atoms with Crippen molar-refractivity contribution in [3.63, 3.8) is 0 Å². The third-order valence-corrected chi connectivity index (χ3v) is 3.36. The summed E-state index contributed by atoms with van der Waals surface area (Å²) in [6, 6.07) is 4.64. The SMILES string of the molecule is CCNC(C)Cc1nc(-c2cc(F)ccc2Br)no1. The van der Waals surface area contributed by atoms with Crippen LogP contribution >= 0.6 is 15.9 Å². The molecule has 102 valence electrons. The van der Waals surface area contributed by atoms with Gasteiger partial charge in [-0.15, -0.1) is 0 Å². The van der Waals surface area contributed by atoms with Crippen molar-refractivity contribution in [1.29, 1.82) is 0 Å². The standard InChI is InChI=1S/C13H15BrFN3O/c1-3-16-8(2)6-12-17-13(18-19-12)10-7-9(15)4-5-11(10)14/h4-5,7-8,16H,3,6H2,1-2H3. The first-order valence-corrected chi connectivity index (χ1v) is 6.91. The number of benzene rings is 1. The van der Waals surface area contributed by atoms with Crippen molar-refractivity contribution in [2.75, 3.05) is 6.54 Å². The monoisotopic (exact) mass is 327 g/mol. The summed E-state index contributed by atoms with van der Waals surface area (Å²) in [5.41, 5.74) is 0.589. The van der Waals surface area contributed by atoms with Crippen molar-refractivity contribution in [3.8, 4) is 11.4 Å². The van der Waals surface area contributed by atoms with E-state index >= 15 is 0 Å². The van der Waals surface area contributed by atoms with Gasteiger partial charge in [0.2, 0.25) is 11.7 Å². The Labute approximate surface area is 119 Å². The highest BCUT2D eigenvalue weighted by molar-refractivity contribution is 9.10. The number of nitrogens with one attached hydrogen (secondary N) is 1. The Balaban J connectivity index is 2.18. The first-order chi connectivity index (χ1) is 9.10. The van der Waals surface area contributed by atoms with Crippen LogP contribution in [0.3, 0.4) is 0 Å². The van der Waals surface area contributed by atoms with Crippen LogP contribution in [0.1, 0.15) is 19.7 Å². The van der Waals surface area contributed by atoms with Crippen molar-refractivity contribution in [1.82, 2.24) is 15.5 Å². The number of nitrogens with zero attached hydrogens (tertiary/aromatic N) is 2. The Morgan fingerprint density at radius 3 is 3.00 bits per heavy atom. The molecule has 0 aliphatic carbocycles. The van der Waals surface area contributed by atoms with E-state index in [0.29, 0.717) is 23.7 Å². The maximum absolute atomic E-state index is 13.2. The fourth-order valence-electron chi connectivity index (χ4n) is 1.80. The molecule has 1 heterocycles. The van der Waals surface area contributed by atoms with E-state index in [1.807, 2.05) is 13.8 Å². The molecule has 0 radical (unpaired) electrons. The van der Waals surface area contributed by atoms with Gasteiger partial charge in [-0.25, -0.2) is 4.39 Å². The Bertz CT molecular complexity index is 559. The largest absolute Gasteiger partial charge is 0.339 e. The van der Waals surface area contributed by atoms with E-state index in [4.69, 9.17) is 4.52 Å². The molecule has 2 rings (SSSR count). The van der Waals surface area contributed by atoms with Crippen LogP contribution < -0.4 is 5.32 Å². The van der Waals surface area contributed by atoms with Gasteiger partial charge >= 0.3 is 0 Å². The highest BCUT2D eigenvalue weighted by Crippen LogP contribution is 2.26.